The summed E-state index contributed by atoms with van der Waals surface area (Å²) in [7, 11) is 1.81. The summed E-state index contributed by atoms with van der Waals surface area (Å²) in [5.74, 6) is 0.0589. The molecule has 3 rings (SSSR count). The Morgan fingerprint density at radius 1 is 1.37 bits per heavy atom. The summed E-state index contributed by atoms with van der Waals surface area (Å²) in [6, 6.07) is 5.91. The van der Waals surface area contributed by atoms with Crippen molar-refractivity contribution in [1.82, 2.24) is 9.78 Å². The lowest BCUT2D eigenvalue weighted by molar-refractivity contribution is 0.191. The van der Waals surface area contributed by atoms with Gasteiger partial charge in [0.2, 0.25) is 0 Å². The van der Waals surface area contributed by atoms with Gasteiger partial charge in [0.25, 0.3) is 0 Å². The third-order valence-corrected chi connectivity index (χ3v) is 3.33. The molecule has 4 nitrogen and oxygen atoms in total. The van der Waals surface area contributed by atoms with Crippen LogP contribution < -0.4 is 0 Å². The maximum Gasteiger partial charge on any atom is 0.140 e. The highest BCUT2D eigenvalue weighted by atomic mass is 19.1. The molecule has 0 saturated heterocycles. The molecule has 3 aromatic rings. The van der Waals surface area contributed by atoms with Crippen molar-refractivity contribution in [3.8, 4) is 0 Å². The van der Waals surface area contributed by atoms with Crippen LogP contribution in [0.15, 0.2) is 34.9 Å². The second-order valence-corrected chi connectivity index (χ2v) is 4.54. The zero-order chi connectivity index (χ0) is 13.6. The number of aryl methyl sites for hydroxylation is 1. The second kappa shape index (κ2) is 4.20. The summed E-state index contributed by atoms with van der Waals surface area (Å²) in [6.45, 7) is 1.87. The molecule has 0 aliphatic carbocycles. The molecule has 0 bridgehead atoms. The number of hydrogen-bond acceptors (Lipinski definition) is 3. The van der Waals surface area contributed by atoms with Crippen molar-refractivity contribution in [2.75, 3.05) is 0 Å². The number of aliphatic hydroxyl groups excluding tert-OH is 1. The van der Waals surface area contributed by atoms with E-state index in [1.54, 1.807) is 30.1 Å². The van der Waals surface area contributed by atoms with E-state index in [1.807, 2.05) is 6.92 Å². The van der Waals surface area contributed by atoms with Gasteiger partial charge in [-0.3, -0.25) is 4.68 Å². The molecule has 0 saturated carbocycles. The molecule has 98 valence electrons. The lowest BCUT2D eigenvalue weighted by Crippen LogP contribution is -2.00. The van der Waals surface area contributed by atoms with E-state index in [1.165, 1.54) is 12.1 Å². The minimum Gasteiger partial charge on any atom is -0.458 e. The first-order valence-electron chi connectivity index (χ1n) is 5.92. The number of furan rings is 1. The second-order valence-electron chi connectivity index (χ2n) is 4.54. The van der Waals surface area contributed by atoms with Gasteiger partial charge in [-0.2, -0.15) is 5.10 Å². The molecule has 1 aromatic carbocycles. The Labute approximate surface area is 109 Å². The molecule has 0 spiro atoms. The van der Waals surface area contributed by atoms with Crippen molar-refractivity contribution >= 4 is 11.0 Å². The third kappa shape index (κ3) is 1.92. The molecule has 0 amide bonds. The Balaban J connectivity index is 2.06. The number of halogens is 1. The van der Waals surface area contributed by atoms with Crippen molar-refractivity contribution in [3.63, 3.8) is 0 Å². The molecule has 0 radical (unpaired) electrons. The van der Waals surface area contributed by atoms with Gasteiger partial charge in [0.1, 0.15) is 23.3 Å². The fraction of sp³-hybridized carbons (Fsp3) is 0.214. The molecule has 0 aliphatic heterocycles. The number of aliphatic hydroxyl groups is 1. The average molecular weight is 260 g/mol. The van der Waals surface area contributed by atoms with Crippen LogP contribution in [0.4, 0.5) is 4.39 Å². The SMILES string of the molecule is Cc1c(C(O)c2cc3cc(F)ccc3o2)cnn1C. The maximum absolute atomic E-state index is 13.1. The smallest absolute Gasteiger partial charge is 0.140 e. The third-order valence-electron chi connectivity index (χ3n) is 3.33. The first kappa shape index (κ1) is 11.9. The van der Waals surface area contributed by atoms with Gasteiger partial charge in [-0.25, -0.2) is 4.39 Å². The molecule has 5 heteroatoms. The summed E-state index contributed by atoms with van der Waals surface area (Å²) in [5.41, 5.74) is 2.10. The number of nitrogens with zero attached hydrogens (tertiary/aromatic N) is 2. The average Bonchev–Trinajstić information content (AvgIpc) is 2.93. The number of aromatic nitrogens is 2. The standard InChI is InChI=1S/C14H13FN2O2/c1-8-11(7-16-17(8)2)14(18)13-6-9-5-10(15)3-4-12(9)19-13/h3-7,14,18H,1-2H3. The van der Waals surface area contributed by atoms with Gasteiger partial charge >= 0.3 is 0 Å². The summed E-state index contributed by atoms with van der Waals surface area (Å²) < 4.78 is 20.4. The normalized spacial score (nSPS) is 13.1. The van der Waals surface area contributed by atoms with Crippen molar-refractivity contribution in [2.45, 2.75) is 13.0 Å². The first-order chi connectivity index (χ1) is 9.06. The first-order valence-corrected chi connectivity index (χ1v) is 5.92. The number of fused-ring (bicyclic) bond motifs is 1. The van der Waals surface area contributed by atoms with Gasteiger partial charge in [-0.05, 0) is 31.2 Å². The number of rotatable bonds is 2. The van der Waals surface area contributed by atoms with Crippen LogP contribution >= 0.6 is 0 Å². The van der Waals surface area contributed by atoms with Crippen LogP contribution in [0.5, 0.6) is 0 Å². The molecule has 1 N–H and O–H groups in total. The minimum absolute atomic E-state index is 0.327. The van der Waals surface area contributed by atoms with Crippen LogP contribution in [0, 0.1) is 12.7 Å². The molecule has 1 unspecified atom stereocenters. The summed E-state index contributed by atoms with van der Waals surface area (Å²) in [4.78, 5) is 0. The van der Waals surface area contributed by atoms with Crippen LogP contribution in [0.3, 0.4) is 0 Å². The predicted octanol–water partition coefficient (Wildman–Crippen LogP) is 2.70. The van der Waals surface area contributed by atoms with E-state index in [0.29, 0.717) is 22.3 Å². The Morgan fingerprint density at radius 2 is 2.16 bits per heavy atom. The van der Waals surface area contributed by atoms with Gasteiger partial charge < -0.3 is 9.52 Å². The van der Waals surface area contributed by atoms with Crippen LogP contribution in [-0.2, 0) is 7.05 Å². The molecule has 2 aromatic heterocycles. The molecular formula is C14H13FN2O2. The quantitative estimate of drug-likeness (QED) is 0.770. The van der Waals surface area contributed by atoms with Crippen LogP contribution in [0.1, 0.15) is 23.1 Å². The van der Waals surface area contributed by atoms with Crippen molar-refractivity contribution in [2.24, 2.45) is 7.05 Å². The van der Waals surface area contributed by atoms with E-state index in [0.717, 1.165) is 5.69 Å². The molecular weight excluding hydrogens is 247 g/mol. The molecule has 0 fully saturated rings. The van der Waals surface area contributed by atoms with Gasteiger partial charge in [0.15, 0.2) is 0 Å². The van der Waals surface area contributed by atoms with Crippen molar-refractivity contribution < 1.29 is 13.9 Å². The molecule has 0 aliphatic rings. The highest BCUT2D eigenvalue weighted by Crippen LogP contribution is 2.29. The van der Waals surface area contributed by atoms with E-state index < -0.39 is 6.10 Å². The van der Waals surface area contributed by atoms with Crippen LogP contribution in [-0.4, -0.2) is 14.9 Å². The highest BCUT2D eigenvalue weighted by molar-refractivity contribution is 5.78. The van der Waals surface area contributed by atoms with E-state index >= 15 is 0 Å². The lowest BCUT2D eigenvalue weighted by Gasteiger charge is -2.06. The van der Waals surface area contributed by atoms with Gasteiger partial charge in [-0.15, -0.1) is 0 Å². The fourth-order valence-corrected chi connectivity index (χ4v) is 2.11. The topological polar surface area (TPSA) is 51.2 Å². The minimum atomic E-state index is -0.899. The molecule has 1 atom stereocenters. The van der Waals surface area contributed by atoms with Gasteiger partial charge in [0, 0.05) is 23.7 Å². The van der Waals surface area contributed by atoms with Crippen LogP contribution in [0.25, 0.3) is 11.0 Å². The monoisotopic (exact) mass is 260 g/mol. The number of benzene rings is 1. The lowest BCUT2D eigenvalue weighted by atomic mass is 10.1. The van der Waals surface area contributed by atoms with E-state index in [4.69, 9.17) is 4.42 Å². The zero-order valence-electron chi connectivity index (χ0n) is 10.6. The Morgan fingerprint density at radius 3 is 2.84 bits per heavy atom. The largest absolute Gasteiger partial charge is 0.458 e. The Kier molecular flexibility index (Phi) is 2.64. The maximum atomic E-state index is 13.1. The van der Waals surface area contributed by atoms with Crippen molar-refractivity contribution in [1.29, 1.82) is 0 Å². The van der Waals surface area contributed by atoms with E-state index in [2.05, 4.69) is 5.10 Å². The van der Waals surface area contributed by atoms with Crippen LogP contribution in [0.2, 0.25) is 0 Å². The van der Waals surface area contributed by atoms with E-state index in [-0.39, 0.29) is 5.82 Å². The zero-order valence-corrected chi connectivity index (χ0v) is 10.6. The van der Waals surface area contributed by atoms with Crippen molar-refractivity contribution in [3.05, 3.63) is 53.3 Å². The Hall–Kier alpha value is -2.14. The molecule has 2 heterocycles. The summed E-state index contributed by atoms with van der Waals surface area (Å²) in [6.07, 6.45) is 0.706. The predicted molar refractivity (Wildman–Crippen MR) is 68.2 cm³/mol. The Bertz CT molecular complexity index is 745. The van der Waals surface area contributed by atoms with Gasteiger partial charge in [-0.1, -0.05) is 0 Å². The number of hydrogen-bond donors (Lipinski definition) is 1. The van der Waals surface area contributed by atoms with E-state index in [9.17, 15) is 9.50 Å². The van der Waals surface area contributed by atoms with Gasteiger partial charge in [0.05, 0.1) is 6.20 Å². The summed E-state index contributed by atoms with van der Waals surface area (Å²) >= 11 is 0. The molecule has 19 heavy (non-hydrogen) atoms. The fourth-order valence-electron chi connectivity index (χ4n) is 2.11. The summed E-state index contributed by atoms with van der Waals surface area (Å²) in [5, 5.41) is 15.0. The highest BCUT2D eigenvalue weighted by Gasteiger charge is 2.20.